The van der Waals surface area contributed by atoms with Crippen molar-refractivity contribution in [1.29, 1.82) is 0 Å². The highest BCUT2D eigenvalue weighted by Crippen LogP contribution is 2.41. The number of aromatic nitrogens is 2. The highest BCUT2D eigenvalue weighted by molar-refractivity contribution is 5.42. The van der Waals surface area contributed by atoms with Crippen LogP contribution in [0, 0.1) is 0 Å². The molecule has 0 fully saturated rings. The number of ether oxygens (including phenoxy) is 1. The maximum absolute atomic E-state index is 5.37. The van der Waals surface area contributed by atoms with Crippen LogP contribution in [0.3, 0.4) is 0 Å². The molecule has 2 unspecified atom stereocenters. The molecule has 1 aromatic carbocycles. The second-order valence-electron chi connectivity index (χ2n) is 5.60. The molecule has 0 bridgehead atoms. The molecule has 112 valence electrons. The zero-order valence-corrected chi connectivity index (χ0v) is 13.0. The molecule has 0 spiro atoms. The monoisotopic (exact) mass is 285 g/mol. The summed E-state index contributed by atoms with van der Waals surface area (Å²) in [6.45, 7) is 2.20. The van der Waals surface area contributed by atoms with E-state index in [0.29, 0.717) is 12.1 Å². The fourth-order valence-corrected chi connectivity index (χ4v) is 3.40. The molecule has 1 aliphatic rings. The van der Waals surface area contributed by atoms with E-state index in [2.05, 4.69) is 46.2 Å². The predicted octanol–water partition coefficient (Wildman–Crippen LogP) is 2.90. The number of hydrogen-bond donors (Lipinski definition) is 1. The number of rotatable bonds is 5. The molecule has 1 aromatic heterocycles. The number of imidazole rings is 1. The van der Waals surface area contributed by atoms with Gasteiger partial charge in [0.25, 0.3) is 0 Å². The first-order valence-electron chi connectivity index (χ1n) is 7.64. The molecule has 1 N–H and O–H groups in total. The topological polar surface area (TPSA) is 39.1 Å². The Bertz CT molecular complexity index is 620. The third kappa shape index (κ3) is 2.44. The Balaban J connectivity index is 1.96. The average molecular weight is 285 g/mol. The van der Waals surface area contributed by atoms with Crippen LogP contribution in [-0.4, -0.2) is 23.7 Å². The fourth-order valence-electron chi connectivity index (χ4n) is 3.40. The van der Waals surface area contributed by atoms with E-state index in [1.165, 1.54) is 17.0 Å². The van der Waals surface area contributed by atoms with Gasteiger partial charge in [0.05, 0.1) is 19.2 Å². The minimum atomic E-state index is 0.305. The summed E-state index contributed by atoms with van der Waals surface area (Å²) in [5, 5.41) is 3.47. The van der Waals surface area contributed by atoms with Gasteiger partial charge in [-0.25, -0.2) is 4.98 Å². The molecule has 0 saturated heterocycles. The van der Waals surface area contributed by atoms with Crippen molar-refractivity contribution in [1.82, 2.24) is 14.9 Å². The third-order valence-electron chi connectivity index (χ3n) is 4.39. The van der Waals surface area contributed by atoms with Gasteiger partial charge in [0.2, 0.25) is 0 Å². The highest BCUT2D eigenvalue weighted by atomic mass is 16.5. The van der Waals surface area contributed by atoms with E-state index in [9.17, 15) is 0 Å². The first-order valence-corrected chi connectivity index (χ1v) is 7.64. The number of nitrogens with one attached hydrogen (secondary N) is 1. The zero-order valence-electron chi connectivity index (χ0n) is 13.0. The van der Waals surface area contributed by atoms with Crippen molar-refractivity contribution in [3.63, 3.8) is 0 Å². The quantitative estimate of drug-likeness (QED) is 0.918. The van der Waals surface area contributed by atoms with Gasteiger partial charge < -0.3 is 14.6 Å². The van der Waals surface area contributed by atoms with Crippen LogP contribution in [-0.2, 0) is 12.8 Å². The lowest BCUT2D eigenvalue weighted by Gasteiger charge is -2.23. The summed E-state index contributed by atoms with van der Waals surface area (Å²) >= 11 is 0. The number of nitrogens with zero attached hydrogens (tertiary/aromatic N) is 2. The SMILES string of the molecule is CCCc1nccn1C1Cc2ccc(OC)cc2C1NC. The Hall–Kier alpha value is -1.81. The van der Waals surface area contributed by atoms with Gasteiger partial charge in [-0.3, -0.25) is 0 Å². The maximum Gasteiger partial charge on any atom is 0.119 e. The second-order valence-corrected chi connectivity index (χ2v) is 5.60. The van der Waals surface area contributed by atoms with Gasteiger partial charge in [0.1, 0.15) is 11.6 Å². The molecule has 0 radical (unpaired) electrons. The Morgan fingerprint density at radius 3 is 3.00 bits per heavy atom. The lowest BCUT2D eigenvalue weighted by atomic mass is 10.1. The van der Waals surface area contributed by atoms with Crippen molar-refractivity contribution in [2.45, 2.75) is 38.3 Å². The zero-order chi connectivity index (χ0) is 14.8. The Labute approximate surface area is 126 Å². The Kier molecular flexibility index (Phi) is 3.97. The maximum atomic E-state index is 5.37. The van der Waals surface area contributed by atoms with Crippen molar-refractivity contribution >= 4 is 0 Å². The molecule has 0 saturated carbocycles. The molecule has 1 aliphatic carbocycles. The number of aryl methyl sites for hydroxylation is 1. The summed E-state index contributed by atoms with van der Waals surface area (Å²) in [4.78, 5) is 4.53. The molecular weight excluding hydrogens is 262 g/mol. The van der Waals surface area contributed by atoms with Crippen LogP contribution in [0.15, 0.2) is 30.6 Å². The van der Waals surface area contributed by atoms with Gasteiger partial charge in [-0.05, 0) is 43.1 Å². The van der Waals surface area contributed by atoms with Crippen molar-refractivity contribution in [2.24, 2.45) is 0 Å². The van der Waals surface area contributed by atoms with Crippen LogP contribution in [0.4, 0.5) is 0 Å². The number of likely N-dealkylation sites (N-methyl/N-ethyl adjacent to an activating group) is 1. The standard InChI is InChI=1S/C17H23N3O/c1-4-5-16-19-8-9-20(16)15-10-12-6-7-13(21-3)11-14(12)17(15)18-2/h6-9,11,15,17-18H,4-5,10H2,1-3H3. The van der Waals surface area contributed by atoms with Gasteiger partial charge in [0.15, 0.2) is 0 Å². The van der Waals surface area contributed by atoms with E-state index < -0.39 is 0 Å². The lowest BCUT2D eigenvalue weighted by molar-refractivity contribution is 0.388. The van der Waals surface area contributed by atoms with Gasteiger partial charge in [-0.1, -0.05) is 13.0 Å². The van der Waals surface area contributed by atoms with Gasteiger partial charge in [-0.2, -0.15) is 0 Å². The summed E-state index contributed by atoms with van der Waals surface area (Å²) in [5.74, 6) is 2.11. The van der Waals surface area contributed by atoms with Crippen LogP contribution in [0.2, 0.25) is 0 Å². The fraction of sp³-hybridized carbons (Fsp3) is 0.471. The van der Waals surface area contributed by atoms with Crippen LogP contribution < -0.4 is 10.1 Å². The second kappa shape index (κ2) is 5.90. The van der Waals surface area contributed by atoms with Crippen molar-refractivity contribution < 1.29 is 4.74 Å². The molecule has 1 heterocycles. The number of benzene rings is 1. The molecule has 21 heavy (non-hydrogen) atoms. The van der Waals surface area contributed by atoms with Crippen molar-refractivity contribution in [3.05, 3.63) is 47.5 Å². The Morgan fingerprint density at radius 2 is 2.29 bits per heavy atom. The van der Waals surface area contributed by atoms with Gasteiger partial charge in [0, 0.05) is 18.8 Å². The lowest BCUT2D eigenvalue weighted by Crippen LogP contribution is -2.25. The van der Waals surface area contributed by atoms with Crippen LogP contribution >= 0.6 is 0 Å². The van der Waals surface area contributed by atoms with Crippen LogP contribution in [0.1, 0.15) is 42.4 Å². The Morgan fingerprint density at radius 1 is 1.43 bits per heavy atom. The number of fused-ring (bicyclic) bond motifs is 1. The van der Waals surface area contributed by atoms with Crippen molar-refractivity contribution in [2.75, 3.05) is 14.2 Å². The summed E-state index contributed by atoms with van der Waals surface area (Å²) in [5.41, 5.74) is 2.74. The molecule has 2 atom stereocenters. The first-order chi connectivity index (χ1) is 10.3. The van der Waals surface area contributed by atoms with Crippen LogP contribution in [0.25, 0.3) is 0 Å². The van der Waals surface area contributed by atoms with E-state index in [4.69, 9.17) is 4.74 Å². The van der Waals surface area contributed by atoms with Crippen LogP contribution in [0.5, 0.6) is 5.75 Å². The van der Waals surface area contributed by atoms with Gasteiger partial charge >= 0.3 is 0 Å². The van der Waals surface area contributed by atoms with E-state index in [-0.39, 0.29) is 0 Å². The third-order valence-corrected chi connectivity index (χ3v) is 4.39. The normalized spacial score (nSPS) is 20.5. The predicted molar refractivity (Wildman–Crippen MR) is 83.8 cm³/mol. The van der Waals surface area contributed by atoms with E-state index in [0.717, 1.165) is 25.0 Å². The molecular formula is C17H23N3O. The summed E-state index contributed by atoms with van der Waals surface area (Å²) in [6, 6.07) is 7.09. The minimum Gasteiger partial charge on any atom is -0.497 e. The van der Waals surface area contributed by atoms with Gasteiger partial charge in [-0.15, -0.1) is 0 Å². The molecule has 0 aliphatic heterocycles. The smallest absolute Gasteiger partial charge is 0.119 e. The first kappa shape index (κ1) is 14.1. The highest BCUT2D eigenvalue weighted by Gasteiger charge is 2.33. The molecule has 3 rings (SSSR count). The number of hydrogen-bond acceptors (Lipinski definition) is 3. The minimum absolute atomic E-state index is 0.305. The van der Waals surface area contributed by atoms with E-state index in [1.54, 1.807) is 7.11 Å². The van der Waals surface area contributed by atoms with E-state index >= 15 is 0 Å². The molecule has 2 aromatic rings. The number of methoxy groups -OCH3 is 1. The molecule has 0 amide bonds. The summed E-state index contributed by atoms with van der Waals surface area (Å²) < 4.78 is 7.72. The summed E-state index contributed by atoms with van der Waals surface area (Å²) in [7, 11) is 3.75. The summed E-state index contributed by atoms with van der Waals surface area (Å²) in [6.07, 6.45) is 7.22. The molecule has 4 nitrogen and oxygen atoms in total. The van der Waals surface area contributed by atoms with Crippen molar-refractivity contribution in [3.8, 4) is 5.75 Å². The average Bonchev–Trinajstić information content (AvgIpc) is 3.10. The largest absolute Gasteiger partial charge is 0.497 e. The van der Waals surface area contributed by atoms with E-state index in [1.807, 2.05) is 13.2 Å². The molecule has 4 heteroatoms.